The van der Waals surface area contributed by atoms with E-state index in [0.717, 1.165) is 23.0 Å². The number of carbonyl (C=O) groups is 3. The van der Waals surface area contributed by atoms with E-state index in [4.69, 9.17) is 71.9 Å². The number of nitrogens with zero attached hydrogens (tertiary/aromatic N) is 1. The zero-order valence-corrected chi connectivity index (χ0v) is 45.0. The molecular formula is C49H57Cl5F4N3NaO6Si. The summed E-state index contributed by atoms with van der Waals surface area (Å²) in [5.74, 6) is 3.83. The molecule has 0 saturated heterocycles. The van der Waals surface area contributed by atoms with Crippen molar-refractivity contribution in [3.63, 3.8) is 0 Å². The molecule has 4 aromatic carbocycles. The SMILES string of the molecule is C.C[Si](C)(C)C.N#CC1(c2ccc(Cl)cc2)CC(F)C1.NNC(=O)C1(c2ccc(Cl)cc2)CC(F)C1.O=C(O)C1(c2ccc(Cl)cc2)CC(F)C1.O=CC1(c2ccc(Cl)cc2)CC(F)C1.[Na+].[O-][Cl+][O-]. The van der Waals surface area contributed by atoms with Crippen molar-refractivity contribution < 1.29 is 87.3 Å². The average molecular weight is 1090 g/mol. The maximum absolute atomic E-state index is 13.0. The summed E-state index contributed by atoms with van der Waals surface area (Å²) in [7, 11) is -0.611. The van der Waals surface area contributed by atoms with E-state index in [1.807, 2.05) is 0 Å². The first-order chi connectivity index (χ1) is 31.4. The fourth-order valence-electron chi connectivity index (χ4n) is 7.92. The summed E-state index contributed by atoms with van der Waals surface area (Å²) in [5, 5.41) is 20.6. The number of carboxylic acid groups (broad SMARTS) is 1. The molecule has 1 amide bonds. The number of amides is 1. The number of nitrogens with two attached hydrogens (primary N) is 1. The van der Waals surface area contributed by atoms with Crippen LogP contribution < -0.4 is 50.1 Å². The summed E-state index contributed by atoms with van der Waals surface area (Å²) in [5.41, 5.74) is 2.17. The molecule has 69 heavy (non-hydrogen) atoms. The molecule has 9 nitrogen and oxygen atoms in total. The minimum Gasteiger partial charge on any atom is -0.544 e. The van der Waals surface area contributed by atoms with Crippen LogP contribution in [0.1, 0.15) is 81.0 Å². The average Bonchev–Trinajstić information content (AvgIpc) is 3.23. The van der Waals surface area contributed by atoms with Gasteiger partial charge in [-0.2, -0.15) is 5.26 Å². The van der Waals surface area contributed by atoms with E-state index in [2.05, 4.69) is 37.7 Å². The van der Waals surface area contributed by atoms with Crippen molar-refractivity contribution in [2.75, 3.05) is 0 Å². The molecule has 372 valence electrons. The predicted molar refractivity (Wildman–Crippen MR) is 257 cm³/mol. The Morgan fingerprint density at radius 2 is 0.928 bits per heavy atom. The molecule has 4 aliphatic carbocycles. The van der Waals surface area contributed by atoms with E-state index in [1.54, 1.807) is 97.1 Å². The van der Waals surface area contributed by atoms with Gasteiger partial charge in [-0.1, -0.05) is 129 Å². The molecule has 0 radical (unpaired) electrons. The zero-order valence-electron chi connectivity index (χ0n) is 38.2. The molecule has 0 atom stereocenters. The molecule has 4 fully saturated rings. The topological polar surface area (TPSA) is 179 Å². The first-order valence-electron chi connectivity index (χ1n) is 21.0. The number of hydrazine groups is 1. The van der Waals surface area contributed by atoms with Gasteiger partial charge in [-0.05, 0) is 109 Å². The van der Waals surface area contributed by atoms with E-state index >= 15 is 0 Å². The molecule has 4 N–H and O–H groups in total. The van der Waals surface area contributed by atoms with Gasteiger partial charge in [0.1, 0.15) is 31.0 Å². The van der Waals surface area contributed by atoms with Crippen molar-refractivity contribution in [3.05, 3.63) is 139 Å². The van der Waals surface area contributed by atoms with Gasteiger partial charge >= 0.3 is 35.5 Å². The van der Waals surface area contributed by atoms with E-state index in [1.165, 1.54) is 0 Å². The van der Waals surface area contributed by atoms with E-state index in [9.17, 15) is 31.9 Å². The summed E-state index contributed by atoms with van der Waals surface area (Å²) >= 11 is 22.5. The Hall–Kier alpha value is -2.75. The fraction of sp³-hybridized carbons (Fsp3) is 0.429. The number of nitriles is 1. The summed E-state index contributed by atoms with van der Waals surface area (Å²) in [6.45, 7) is 9.31. The van der Waals surface area contributed by atoms with Crippen molar-refractivity contribution >= 4 is 72.6 Å². The first kappa shape index (κ1) is 64.3. The number of benzene rings is 4. The van der Waals surface area contributed by atoms with Crippen LogP contribution in [0.3, 0.4) is 0 Å². The molecule has 4 aromatic rings. The second kappa shape index (κ2) is 28.5. The van der Waals surface area contributed by atoms with Crippen LogP contribution in [0.25, 0.3) is 0 Å². The molecular weight excluding hydrogens is 1030 g/mol. The minimum absolute atomic E-state index is 0. The van der Waals surface area contributed by atoms with Gasteiger partial charge in [0.25, 0.3) is 0 Å². The van der Waals surface area contributed by atoms with Crippen LogP contribution in [-0.2, 0) is 36.0 Å². The number of aliphatic carboxylic acids is 1. The quantitative estimate of drug-likeness (QED) is 0.0418. The van der Waals surface area contributed by atoms with Gasteiger partial charge in [-0.15, -0.1) is 0 Å². The van der Waals surface area contributed by atoms with Gasteiger partial charge in [0, 0.05) is 41.0 Å². The number of rotatable bonds is 7. The van der Waals surface area contributed by atoms with Crippen LogP contribution in [0.4, 0.5) is 17.6 Å². The molecule has 0 bridgehead atoms. The second-order valence-electron chi connectivity index (χ2n) is 18.5. The predicted octanol–water partition coefficient (Wildman–Crippen LogP) is 7.85. The van der Waals surface area contributed by atoms with Crippen LogP contribution in [0.2, 0.25) is 46.3 Å². The number of hydrogen-bond acceptors (Lipinski definition) is 7. The standard InChI is InChI=1S/C11H12ClFN2O.C11H9ClFN.C11H10ClFO2.C11H10ClFO.C4H12Si.CH4.ClO2.Na/c12-8-3-1-7(2-4-8)11(10(16)15-14)5-9(13)6-11;12-9-3-1-8(2-4-9)11(7-14)5-10(13)6-11;12-8-3-1-7(2-4-8)11(10(14)15)5-9(13)6-11;12-9-3-1-8(2-4-9)11(7-14)5-10(13)6-11;1-5(2,3)4;;2-1-3;/h1-4,9H,5-6,14H2,(H,15,16);1-4,10H,5-6H2;1-4,9H,5-6H2,(H,14,15);1-4,7,10H,5-6H2;1-4H3;1H4;;/q;;;;;;-1;+1. The first-order valence-corrected chi connectivity index (χ1v) is 27.1. The minimum atomic E-state index is -1.04. The van der Waals surface area contributed by atoms with Crippen LogP contribution in [0.15, 0.2) is 97.1 Å². The molecule has 0 aromatic heterocycles. The molecule has 0 heterocycles. The molecule has 4 saturated carbocycles. The van der Waals surface area contributed by atoms with Gasteiger partial charge in [0.15, 0.2) is 0 Å². The Kier molecular flexibility index (Phi) is 26.5. The van der Waals surface area contributed by atoms with Crippen molar-refractivity contribution in [1.29, 1.82) is 5.26 Å². The van der Waals surface area contributed by atoms with E-state index in [-0.39, 0.29) is 68.6 Å². The van der Waals surface area contributed by atoms with Gasteiger partial charge in [0.05, 0.1) is 39.1 Å². The van der Waals surface area contributed by atoms with Crippen molar-refractivity contribution in [1.82, 2.24) is 5.43 Å². The molecule has 0 aliphatic heterocycles. The molecule has 4 aliphatic rings. The Bertz CT molecular complexity index is 2250. The Morgan fingerprint density at radius 3 is 1.19 bits per heavy atom. The largest absolute Gasteiger partial charge is 1.00 e. The maximum Gasteiger partial charge on any atom is 1.00 e. The number of carbonyl (C=O) groups excluding carboxylic acids is 2. The van der Waals surface area contributed by atoms with Gasteiger partial charge in [0.2, 0.25) is 5.91 Å². The third-order valence-electron chi connectivity index (χ3n) is 11.6. The van der Waals surface area contributed by atoms with Crippen LogP contribution in [0, 0.1) is 22.7 Å². The van der Waals surface area contributed by atoms with Crippen LogP contribution >= 0.6 is 46.4 Å². The summed E-state index contributed by atoms with van der Waals surface area (Å²) in [6, 6.07) is 29.8. The third kappa shape index (κ3) is 17.8. The smallest absolute Gasteiger partial charge is 0.544 e. The van der Waals surface area contributed by atoms with Gasteiger partial charge in [-0.3, -0.25) is 15.0 Å². The van der Waals surface area contributed by atoms with Crippen LogP contribution in [0.5, 0.6) is 0 Å². The maximum atomic E-state index is 13.0. The normalized spacial score (nSPS) is 26.6. The molecule has 20 heteroatoms. The number of hydrogen-bond donors (Lipinski definition) is 3. The Morgan fingerprint density at radius 1 is 0.652 bits per heavy atom. The number of carboxylic acids is 1. The molecule has 0 unspecified atom stereocenters. The summed E-state index contributed by atoms with van der Waals surface area (Å²) < 4.78 is 67.9. The number of alkyl halides is 4. The zero-order chi connectivity index (χ0) is 50.4. The van der Waals surface area contributed by atoms with Crippen molar-refractivity contribution in [2.24, 2.45) is 5.84 Å². The Balaban J connectivity index is 0.000000433. The number of halogens is 9. The summed E-state index contributed by atoms with van der Waals surface area (Å²) in [4.78, 5) is 33.8. The second-order valence-corrected chi connectivity index (χ2v) is 26.4. The number of nitrogens with one attached hydrogen (secondary N) is 1. The van der Waals surface area contributed by atoms with Gasteiger partial charge in [-0.25, -0.2) is 23.4 Å². The molecule has 0 spiro atoms. The Labute approximate surface area is 449 Å². The fourth-order valence-corrected chi connectivity index (χ4v) is 8.43. The van der Waals surface area contributed by atoms with E-state index < -0.39 is 71.7 Å². The van der Waals surface area contributed by atoms with E-state index in [0.29, 0.717) is 51.3 Å². The van der Waals surface area contributed by atoms with Crippen molar-refractivity contribution in [3.8, 4) is 6.07 Å². The monoisotopic (exact) mass is 1090 g/mol. The van der Waals surface area contributed by atoms with Gasteiger partial charge < -0.3 is 19.2 Å². The molecule has 8 rings (SSSR count). The van der Waals surface area contributed by atoms with Crippen LogP contribution in [-0.4, -0.2) is 56.0 Å². The number of aldehydes is 1. The third-order valence-corrected chi connectivity index (χ3v) is 12.6. The van der Waals surface area contributed by atoms with Crippen molar-refractivity contribution in [2.45, 2.75) is 131 Å². The summed E-state index contributed by atoms with van der Waals surface area (Å²) in [6.07, 6.45) is -1.05.